The maximum Gasteiger partial charge on any atom is 2.00 e. The van der Waals surface area contributed by atoms with Gasteiger partial charge in [0, 0.05) is 20.1 Å². The van der Waals surface area contributed by atoms with Crippen molar-refractivity contribution in [1.29, 1.82) is 0 Å². The molecule has 0 fully saturated rings. The SMILES string of the molecule is O=C(N/N=C/c1cc(Cl)cc(Cl)c1[O-])c1ccccc1O.O=C(N/N=C\c1cc(Cl)cc(Cl)c1[O-])c1ccccc1O.[Zn+2]. The van der Waals surface area contributed by atoms with E-state index in [0.717, 1.165) is 12.4 Å². The van der Waals surface area contributed by atoms with Gasteiger partial charge >= 0.3 is 19.5 Å². The molecule has 10 nitrogen and oxygen atoms in total. The van der Waals surface area contributed by atoms with Gasteiger partial charge in [0.25, 0.3) is 11.8 Å². The number of nitrogens with zero attached hydrogens (tertiary/aromatic N) is 2. The van der Waals surface area contributed by atoms with Gasteiger partial charge in [-0.2, -0.15) is 10.2 Å². The number of rotatable bonds is 6. The summed E-state index contributed by atoms with van der Waals surface area (Å²) in [5.74, 6) is -2.43. The van der Waals surface area contributed by atoms with Crippen molar-refractivity contribution in [3.63, 3.8) is 0 Å². The van der Waals surface area contributed by atoms with Crippen molar-refractivity contribution in [1.82, 2.24) is 10.9 Å². The number of phenols is 2. The van der Waals surface area contributed by atoms with Crippen LogP contribution < -0.4 is 21.1 Å². The topological polar surface area (TPSA) is 169 Å². The molecule has 0 atom stereocenters. The third-order valence-electron chi connectivity index (χ3n) is 5.11. The number of hydrogen-bond acceptors (Lipinski definition) is 8. The molecule has 4 rings (SSSR count). The molecule has 4 aromatic rings. The molecule has 0 saturated carbocycles. The third-order valence-corrected chi connectivity index (χ3v) is 6.11. The fourth-order valence-electron chi connectivity index (χ4n) is 3.12. The van der Waals surface area contributed by atoms with Crippen molar-refractivity contribution in [3.8, 4) is 23.0 Å². The second-order valence-corrected chi connectivity index (χ2v) is 9.73. The molecular formula is C28H18Cl4N4O6Zn. The van der Waals surface area contributed by atoms with Crippen LogP contribution >= 0.6 is 46.4 Å². The first-order valence-corrected chi connectivity index (χ1v) is 13.0. The fourth-order valence-corrected chi connectivity index (χ4v) is 4.14. The summed E-state index contributed by atoms with van der Waals surface area (Å²) in [6, 6.07) is 17.4. The van der Waals surface area contributed by atoms with Gasteiger partial charge in [0.15, 0.2) is 0 Å². The molecule has 0 aliphatic rings. The Labute approximate surface area is 277 Å². The zero-order valence-corrected chi connectivity index (χ0v) is 27.7. The number of hydrazone groups is 2. The maximum atomic E-state index is 11.8. The van der Waals surface area contributed by atoms with Crippen molar-refractivity contribution in [2.75, 3.05) is 0 Å². The monoisotopic (exact) mass is 710 g/mol. The van der Waals surface area contributed by atoms with Crippen LogP contribution in [-0.4, -0.2) is 34.5 Å². The van der Waals surface area contributed by atoms with Crippen molar-refractivity contribution in [3.05, 3.63) is 115 Å². The Balaban J connectivity index is 0.000000293. The summed E-state index contributed by atoms with van der Waals surface area (Å²) in [6.45, 7) is 0. The van der Waals surface area contributed by atoms with Crippen LogP contribution in [-0.2, 0) is 19.5 Å². The Hall–Kier alpha value is -3.86. The van der Waals surface area contributed by atoms with E-state index in [9.17, 15) is 30.0 Å². The van der Waals surface area contributed by atoms with Crippen molar-refractivity contribution in [2.45, 2.75) is 0 Å². The zero-order chi connectivity index (χ0) is 30.8. The number of amides is 2. The molecule has 43 heavy (non-hydrogen) atoms. The number of para-hydroxylation sites is 2. The largest absolute Gasteiger partial charge is 2.00 e. The molecule has 4 N–H and O–H groups in total. The van der Waals surface area contributed by atoms with Crippen LogP contribution in [0.15, 0.2) is 83.0 Å². The van der Waals surface area contributed by atoms with Crippen LogP contribution in [0, 0.1) is 0 Å². The van der Waals surface area contributed by atoms with E-state index in [2.05, 4.69) is 21.1 Å². The van der Waals surface area contributed by atoms with E-state index in [0.29, 0.717) is 0 Å². The van der Waals surface area contributed by atoms with E-state index in [1.165, 1.54) is 48.5 Å². The molecule has 0 aliphatic heterocycles. The number of carbonyl (C=O) groups excluding carboxylic acids is 2. The first-order valence-electron chi connectivity index (χ1n) is 11.5. The van der Waals surface area contributed by atoms with Gasteiger partial charge < -0.3 is 20.4 Å². The Bertz CT molecular complexity index is 1560. The summed E-state index contributed by atoms with van der Waals surface area (Å²) < 4.78 is 0. The fraction of sp³-hybridized carbons (Fsp3) is 0. The van der Waals surface area contributed by atoms with Gasteiger partial charge in [0.1, 0.15) is 11.5 Å². The second kappa shape index (κ2) is 16.7. The van der Waals surface area contributed by atoms with Crippen LogP contribution in [0.25, 0.3) is 0 Å². The summed E-state index contributed by atoms with van der Waals surface area (Å²) in [5, 5.41) is 50.2. The van der Waals surface area contributed by atoms with Crippen molar-refractivity contribution < 1.29 is 49.5 Å². The van der Waals surface area contributed by atoms with Crippen LogP contribution in [0.1, 0.15) is 31.8 Å². The summed E-state index contributed by atoms with van der Waals surface area (Å²) in [5.41, 5.74) is 4.83. The molecule has 0 saturated heterocycles. The Kier molecular flexibility index (Phi) is 13.7. The van der Waals surface area contributed by atoms with E-state index in [-0.39, 0.29) is 73.3 Å². The van der Waals surface area contributed by atoms with Gasteiger partial charge in [0.2, 0.25) is 0 Å². The zero-order valence-electron chi connectivity index (χ0n) is 21.7. The number of benzene rings is 4. The minimum absolute atomic E-state index is 0. The van der Waals surface area contributed by atoms with Crippen LogP contribution in [0.3, 0.4) is 0 Å². The van der Waals surface area contributed by atoms with E-state index in [1.807, 2.05) is 0 Å². The molecule has 0 radical (unpaired) electrons. The summed E-state index contributed by atoms with van der Waals surface area (Å²) in [7, 11) is 0. The van der Waals surface area contributed by atoms with Gasteiger partial charge in [-0.1, -0.05) is 82.2 Å². The molecule has 0 spiro atoms. The molecule has 0 unspecified atom stereocenters. The Morgan fingerprint density at radius 2 is 1.00 bits per heavy atom. The Morgan fingerprint density at radius 1 is 0.651 bits per heavy atom. The molecule has 0 aromatic heterocycles. The molecule has 4 aromatic carbocycles. The summed E-state index contributed by atoms with van der Waals surface area (Å²) >= 11 is 22.9. The van der Waals surface area contributed by atoms with Crippen molar-refractivity contribution in [2.24, 2.45) is 10.2 Å². The van der Waals surface area contributed by atoms with Crippen molar-refractivity contribution >= 4 is 70.6 Å². The van der Waals surface area contributed by atoms with Crippen LogP contribution in [0.5, 0.6) is 23.0 Å². The predicted octanol–water partition coefficient (Wildman–Crippen LogP) is 5.07. The number of nitrogens with one attached hydrogen (secondary N) is 2. The molecule has 216 valence electrons. The average Bonchev–Trinajstić information content (AvgIpc) is 2.94. The molecule has 15 heteroatoms. The van der Waals surface area contributed by atoms with Gasteiger partial charge in [-0.25, -0.2) is 10.9 Å². The molecule has 2 amide bonds. The first-order chi connectivity index (χ1) is 20.0. The molecule has 0 bridgehead atoms. The van der Waals surface area contributed by atoms with Gasteiger partial charge in [-0.3, -0.25) is 9.59 Å². The van der Waals surface area contributed by atoms with Gasteiger partial charge in [0.05, 0.1) is 23.6 Å². The minimum atomic E-state index is -0.607. The van der Waals surface area contributed by atoms with Crippen LogP contribution in [0.2, 0.25) is 20.1 Å². The normalized spacial score (nSPS) is 10.5. The Morgan fingerprint density at radius 3 is 1.35 bits per heavy atom. The predicted molar refractivity (Wildman–Crippen MR) is 158 cm³/mol. The number of phenolic OH excluding ortho intramolecular Hbond substituents is 2. The first kappa shape index (κ1) is 35.3. The average molecular weight is 714 g/mol. The quantitative estimate of drug-likeness (QED) is 0.124. The maximum absolute atomic E-state index is 11.8. The summed E-state index contributed by atoms with van der Waals surface area (Å²) in [4.78, 5) is 23.5. The molecular weight excluding hydrogens is 696 g/mol. The minimum Gasteiger partial charge on any atom is -0.871 e. The van der Waals surface area contributed by atoms with Gasteiger partial charge in [-0.05, 0) is 59.7 Å². The summed E-state index contributed by atoms with van der Waals surface area (Å²) in [6.07, 6.45) is 2.27. The van der Waals surface area contributed by atoms with Gasteiger partial charge in [-0.15, -0.1) is 0 Å². The second-order valence-electron chi connectivity index (χ2n) is 8.04. The number of halogens is 4. The van der Waals surface area contributed by atoms with E-state index in [4.69, 9.17) is 46.4 Å². The van der Waals surface area contributed by atoms with Crippen LogP contribution in [0.4, 0.5) is 0 Å². The van der Waals surface area contributed by atoms with E-state index < -0.39 is 23.3 Å². The molecule has 0 heterocycles. The number of carbonyl (C=O) groups is 2. The smallest absolute Gasteiger partial charge is 0.871 e. The third kappa shape index (κ3) is 10.1. The number of hydrogen-bond donors (Lipinski definition) is 4. The standard InChI is InChI=1S/2C14H10Cl2N2O3.Zn/c2*15-9-5-8(13(20)11(16)6-9)7-17-18-14(21)10-3-1-2-4-12(10)19;/h2*1-7,19-20H,(H,18,21);/q;;+2/p-2/b17-7+;17-7-;. The van der Waals surface area contributed by atoms with E-state index >= 15 is 0 Å². The van der Waals surface area contributed by atoms with E-state index in [1.54, 1.807) is 24.3 Å². The number of aromatic hydroxyl groups is 2. The molecule has 0 aliphatic carbocycles.